The SMILES string of the molecule is Cc1ccc(C(CO)N(C)C)cc1F. The third-order valence-corrected chi connectivity index (χ3v) is 2.38. The molecule has 14 heavy (non-hydrogen) atoms. The lowest BCUT2D eigenvalue weighted by Crippen LogP contribution is -2.23. The van der Waals surface area contributed by atoms with Crippen LogP contribution in [0.1, 0.15) is 17.2 Å². The lowest BCUT2D eigenvalue weighted by atomic mass is 10.0. The summed E-state index contributed by atoms with van der Waals surface area (Å²) in [6.07, 6.45) is 0. The fourth-order valence-corrected chi connectivity index (χ4v) is 1.38. The number of hydrogen-bond donors (Lipinski definition) is 1. The van der Waals surface area contributed by atoms with E-state index in [1.54, 1.807) is 13.0 Å². The van der Waals surface area contributed by atoms with Gasteiger partial charge in [-0.15, -0.1) is 0 Å². The fourth-order valence-electron chi connectivity index (χ4n) is 1.38. The Balaban J connectivity index is 3.00. The van der Waals surface area contributed by atoms with Gasteiger partial charge < -0.3 is 10.0 Å². The van der Waals surface area contributed by atoms with Crippen molar-refractivity contribution in [1.82, 2.24) is 4.90 Å². The number of rotatable bonds is 3. The first kappa shape index (κ1) is 11.1. The van der Waals surface area contributed by atoms with Crippen LogP contribution in [0.15, 0.2) is 18.2 Å². The monoisotopic (exact) mass is 197 g/mol. The van der Waals surface area contributed by atoms with Crippen LogP contribution in [0.3, 0.4) is 0 Å². The van der Waals surface area contributed by atoms with Gasteiger partial charge in [0.25, 0.3) is 0 Å². The summed E-state index contributed by atoms with van der Waals surface area (Å²) in [4.78, 5) is 1.87. The molecule has 0 amide bonds. The summed E-state index contributed by atoms with van der Waals surface area (Å²) in [5.41, 5.74) is 1.43. The molecular weight excluding hydrogens is 181 g/mol. The van der Waals surface area contributed by atoms with E-state index in [0.29, 0.717) is 5.56 Å². The molecule has 2 nitrogen and oxygen atoms in total. The van der Waals surface area contributed by atoms with Crippen molar-refractivity contribution in [3.05, 3.63) is 35.1 Å². The van der Waals surface area contributed by atoms with Gasteiger partial charge in [0.15, 0.2) is 0 Å². The standard InChI is InChI=1S/C11H16FNO/c1-8-4-5-9(6-10(8)12)11(7-14)13(2)3/h4-6,11,14H,7H2,1-3H3. The molecule has 1 atom stereocenters. The molecule has 0 aromatic heterocycles. The molecule has 0 radical (unpaired) electrons. The van der Waals surface area contributed by atoms with Crippen molar-refractivity contribution in [2.45, 2.75) is 13.0 Å². The van der Waals surface area contributed by atoms with E-state index >= 15 is 0 Å². The molecule has 1 aromatic carbocycles. The van der Waals surface area contributed by atoms with Gasteiger partial charge >= 0.3 is 0 Å². The van der Waals surface area contributed by atoms with E-state index in [1.165, 1.54) is 6.07 Å². The third-order valence-electron chi connectivity index (χ3n) is 2.38. The normalized spacial score (nSPS) is 13.3. The number of aliphatic hydroxyl groups is 1. The highest BCUT2D eigenvalue weighted by atomic mass is 19.1. The molecule has 0 spiro atoms. The van der Waals surface area contributed by atoms with Crippen molar-refractivity contribution in [2.24, 2.45) is 0 Å². The van der Waals surface area contributed by atoms with Crippen molar-refractivity contribution in [3.8, 4) is 0 Å². The first-order valence-electron chi connectivity index (χ1n) is 4.59. The Labute approximate surface area is 84.0 Å². The Kier molecular flexibility index (Phi) is 3.61. The Morgan fingerprint density at radius 2 is 2.07 bits per heavy atom. The topological polar surface area (TPSA) is 23.5 Å². The van der Waals surface area contributed by atoms with Gasteiger partial charge in [0, 0.05) is 0 Å². The second-order valence-corrected chi connectivity index (χ2v) is 3.67. The summed E-state index contributed by atoms with van der Waals surface area (Å²) >= 11 is 0. The van der Waals surface area contributed by atoms with Crippen LogP contribution in [0.4, 0.5) is 4.39 Å². The van der Waals surface area contributed by atoms with E-state index in [9.17, 15) is 4.39 Å². The van der Waals surface area contributed by atoms with Crippen molar-refractivity contribution >= 4 is 0 Å². The lowest BCUT2D eigenvalue weighted by Gasteiger charge is -2.22. The zero-order valence-corrected chi connectivity index (χ0v) is 8.79. The predicted molar refractivity (Wildman–Crippen MR) is 54.7 cm³/mol. The minimum absolute atomic E-state index is 0.00446. The zero-order chi connectivity index (χ0) is 10.7. The maximum atomic E-state index is 13.2. The average molecular weight is 197 g/mol. The van der Waals surface area contributed by atoms with Crippen LogP contribution in [-0.4, -0.2) is 30.7 Å². The van der Waals surface area contributed by atoms with Gasteiger partial charge in [-0.05, 0) is 38.2 Å². The summed E-state index contributed by atoms with van der Waals surface area (Å²) in [7, 11) is 3.72. The molecule has 0 saturated heterocycles. The van der Waals surface area contributed by atoms with Gasteiger partial charge in [0.1, 0.15) is 5.82 Å². The average Bonchev–Trinajstić information content (AvgIpc) is 2.11. The van der Waals surface area contributed by atoms with Crippen LogP contribution < -0.4 is 0 Å². The first-order valence-corrected chi connectivity index (χ1v) is 4.59. The maximum Gasteiger partial charge on any atom is 0.126 e. The minimum Gasteiger partial charge on any atom is -0.394 e. The molecule has 78 valence electrons. The smallest absolute Gasteiger partial charge is 0.126 e. The van der Waals surface area contributed by atoms with Crippen LogP contribution in [0, 0.1) is 12.7 Å². The lowest BCUT2D eigenvalue weighted by molar-refractivity contribution is 0.170. The number of aryl methyl sites for hydroxylation is 1. The molecule has 0 heterocycles. The van der Waals surface area contributed by atoms with E-state index in [1.807, 2.05) is 25.1 Å². The molecule has 1 aromatic rings. The Hall–Kier alpha value is -0.930. The third kappa shape index (κ3) is 2.30. The van der Waals surface area contributed by atoms with Crippen LogP contribution in [0.25, 0.3) is 0 Å². The zero-order valence-electron chi connectivity index (χ0n) is 8.79. The highest BCUT2D eigenvalue weighted by Crippen LogP contribution is 2.19. The Morgan fingerprint density at radius 3 is 2.50 bits per heavy atom. The maximum absolute atomic E-state index is 13.2. The number of likely N-dealkylation sites (N-methyl/N-ethyl adjacent to an activating group) is 1. The van der Waals surface area contributed by atoms with Crippen LogP contribution >= 0.6 is 0 Å². The van der Waals surface area contributed by atoms with Gasteiger partial charge in [0.05, 0.1) is 12.6 Å². The van der Waals surface area contributed by atoms with E-state index in [-0.39, 0.29) is 18.5 Å². The number of aliphatic hydroxyl groups excluding tert-OH is 1. The summed E-state index contributed by atoms with van der Waals surface area (Å²) in [5, 5.41) is 9.15. The van der Waals surface area contributed by atoms with Gasteiger partial charge in [-0.3, -0.25) is 0 Å². The number of nitrogens with zero attached hydrogens (tertiary/aromatic N) is 1. The van der Waals surface area contributed by atoms with E-state index in [4.69, 9.17) is 5.11 Å². The number of halogens is 1. The quantitative estimate of drug-likeness (QED) is 0.797. The van der Waals surface area contributed by atoms with Crippen LogP contribution in [-0.2, 0) is 0 Å². The summed E-state index contributed by atoms with van der Waals surface area (Å²) in [5.74, 6) is -0.220. The molecule has 0 fully saturated rings. The second kappa shape index (κ2) is 4.53. The van der Waals surface area contributed by atoms with Gasteiger partial charge in [-0.1, -0.05) is 12.1 Å². The van der Waals surface area contributed by atoms with Crippen molar-refractivity contribution in [3.63, 3.8) is 0 Å². The molecular formula is C11H16FNO. The first-order chi connectivity index (χ1) is 6.56. The van der Waals surface area contributed by atoms with Gasteiger partial charge in [0.2, 0.25) is 0 Å². The fraction of sp³-hybridized carbons (Fsp3) is 0.455. The molecule has 1 unspecified atom stereocenters. The molecule has 3 heteroatoms. The Bertz CT molecular complexity index is 312. The van der Waals surface area contributed by atoms with Gasteiger partial charge in [-0.2, -0.15) is 0 Å². The van der Waals surface area contributed by atoms with E-state index in [2.05, 4.69) is 0 Å². The van der Waals surface area contributed by atoms with Crippen LogP contribution in [0.5, 0.6) is 0 Å². The number of hydrogen-bond acceptors (Lipinski definition) is 2. The van der Waals surface area contributed by atoms with E-state index in [0.717, 1.165) is 5.56 Å². The molecule has 0 aliphatic rings. The van der Waals surface area contributed by atoms with Crippen molar-refractivity contribution < 1.29 is 9.50 Å². The highest BCUT2D eigenvalue weighted by Gasteiger charge is 2.13. The summed E-state index contributed by atoms with van der Waals surface area (Å²) < 4.78 is 13.2. The summed E-state index contributed by atoms with van der Waals surface area (Å²) in [6, 6.07) is 4.93. The molecule has 0 aliphatic carbocycles. The molecule has 1 N–H and O–H groups in total. The second-order valence-electron chi connectivity index (χ2n) is 3.67. The van der Waals surface area contributed by atoms with Gasteiger partial charge in [-0.25, -0.2) is 4.39 Å². The predicted octanol–water partition coefficient (Wildman–Crippen LogP) is 1.73. The summed E-state index contributed by atoms with van der Waals surface area (Å²) in [6.45, 7) is 1.72. The van der Waals surface area contributed by atoms with Crippen LogP contribution in [0.2, 0.25) is 0 Å². The largest absolute Gasteiger partial charge is 0.394 e. The molecule has 0 bridgehead atoms. The molecule has 0 aliphatic heterocycles. The molecule has 1 rings (SSSR count). The Morgan fingerprint density at radius 1 is 1.43 bits per heavy atom. The van der Waals surface area contributed by atoms with Crippen molar-refractivity contribution in [2.75, 3.05) is 20.7 Å². The van der Waals surface area contributed by atoms with E-state index < -0.39 is 0 Å². The minimum atomic E-state index is -0.220. The number of benzene rings is 1. The highest BCUT2D eigenvalue weighted by molar-refractivity contribution is 5.25. The van der Waals surface area contributed by atoms with Crippen molar-refractivity contribution in [1.29, 1.82) is 0 Å². The molecule has 0 saturated carbocycles.